The fourth-order valence-corrected chi connectivity index (χ4v) is 7.67. The Morgan fingerprint density at radius 1 is 1.05 bits per heavy atom. The maximum atomic E-state index is 14.1. The Balaban J connectivity index is 1.40. The van der Waals surface area contributed by atoms with Crippen molar-refractivity contribution in [2.75, 3.05) is 37.7 Å². The molecule has 214 valence electrons. The second-order valence-corrected chi connectivity index (χ2v) is 13.1. The molecule has 11 heteroatoms. The summed E-state index contributed by atoms with van der Waals surface area (Å²) in [7, 11) is -3.97. The van der Waals surface area contributed by atoms with Crippen molar-refractivity contribution in [1.29, 1.82) is 0 Å². The van der Waals surface area contributed by atoms with Crippen molar-refractivity contribution < 1.29 is 27.5 Å². The Labute approximate surface area is 235 Å². The van der Waals surface area contributed by atoms with E-state index in [0.29, 0.717) is 25.2 Å². The van der Waals surface area contributed by atoms with E-state index in [-0.39, 0.29) is 29.6 Å². The topological polar surface area (TPSA) is 125 Å². The summed E-state index contributed by atoms with van der Waals surface area (Å²) in [6, 6.07) is 12.8. The molecule has 0 spiro atoms. The summed E-state index contributed by atoms with van der Waals surface area (Å²) in [6.07, 6.45) is 0.398. The van der Waals surface area contributed by atoms with Crippen molar-refractivity contribution in [3.8, 4) is 0 Å². The van der Waals surface area contributed by atoms with Gasteiger partial charge in [-0.2, -0.15) is 0 Å². The average Bonchev–Trinajstić information content (AvgIpc) is 3.53. The van der Waals surface area contributed by atoms with Gasteiger partial charge in [0.25, 0.3) is 5.91 Å². The van der Waals surface area contributed by atoms with E-state index in [1.165, 1.54) is 17.0 Å². The van der Waals surface area contributed by atoms with E-state index in [4.69, 9.17) is 4.74 Å². The first-order chi connectivity index (χ1) is 19.2. The highest BCUT2D eigenvalue weighted by Crippen LogP contribution is 2.35. The van der Waals surface area contributed by atoms with Crippen molar-refractivity contribution >= 4 is 33.1 Å². The molecular weight excluding hydrogens is 532 g/mol. The highest BCUT2D eigenvalue weighted by molar-refractivity contribution is 7.92. The lowest BCUT2D eigenvalue weighted by Gasteiger charge is -2.33. The number of likely N-dealkylation sites (tertiary alicyclic amines) is 1. The number of Topliss-reactive ketones (excluding diaryl/α,β-unsaturated/α-hetero) is 1. The van der Waals surface area contributed by atoms with E-state index < -0.39 is 45.2 Å². The van der Waals surface area contributed by atoms with Gasteiger partial charge >= 0.3 is 0 Å². The third-order valence-electron chi connectivity index (χ3n) is 7.82. The number of rotatable bonds is 8. The maximum absolute atomic E-state index is 14.1. The molecule has 0 saturated carbocycles. The number of carbonyl (C=O) groups is 3. The van der Waals surface area contributed by atoms with E-state index in [2.05, 4.69) is 15.5 Å². The summed E-state index contributed by atoms with van der Waals surface area (Å²) in [4.78, 5) is 43.8. The molecule has 2 aromatic carbocycles. The Morgan fingerprint density at radius 3 is 2.38 bits per heavy atom. The van der Waals surface area contributed by atoms with Crippen LogP contribution in [0.25, 0.3) is 0 Å². The summed E-state index contributed by atoms with van der Waals surface area (Å²) < 4.78 is 32.8. The molecule has 3 aliphatic rings. The van der Waals surface area contributed by atoms with Gasteiger partial charge in [0.2, 0.25) is 5.91 Å². The van der Waals surface area contributed by atoms with Crippen LogP contribution in [0.4, 0.5) is 5.69 Å². The molecule has 0 bridgehead atoms. The Bertz CT molecular complexity index is 1340. The van der Waals surface area contributed by atoms with Crippen molar-refractivity contribution in [1.82, 2.24) is 15.5 Å². The van der Waals surface area contributed by atoms with Crippen LogP contribution in [0.5, 0.6) is 0 Å². The fourth-order valence-electron chi connectivity index (χ4n) is 5.83. The number of carbonyl (C=O) groups excluding carboxylic acids is 3. The Hall–Kier alpha value is -3.28. The molecule has 4 atom stereocenters. The smallest absolute Gasteiger partial charge is 0.251 e. The van der Waals surface area contributed by atoms with Gasteiger partial charge < -0.3 is 25.2 Å². The number of ether oxygens (including phenoxy) is 1. The molecular formula is C29H36N4O6S. The van der Waals surface area contributed by atoms with Crippen molar-refractivity contribution in [3.63, 3.8) is 0 Å². The van der Waals surface area contributed by atoms with Crippen LogP contribution in [0.1, 0.15) is 37.0 Å². The quantitative estimate of drug-likeness (QED) is 0.492. The zero-order valence-electron chi connectivity index (χ0n) is 22.8. The average molecular weight is 569 g/mol. The Morgan fingerprint density at radius 2 is 1.73 bits per heavy atom. The standard InChI is InChI=1S/C29H36N4O6S/c1-19(2)16-24(31-28(35)20-8-10-21(11-9-20)32-12-14-39-15-13-32)29(36)33-26(17-23-27(33)25(34)18-30-23)40(37,38)22-6-4-3-5-7-22/h3-11,19,23-24,26-27,30H,12-18H2,1-2H3,(H,31,35). The largest absolute Gasteiger partial charge is 0.378 e. The van der Waals surface area contributed by atoms with Gasteiger partial charge in [0.15, 0.2) is 15.6 Å². The van der Waals surface area contributed by atoms with Crippen LogP contribution in [0.3, 0.4) is 0 Å². The first-order valence-corrected chi connectivity index (χ1v) is 15.3. The highest BCUT2D eigenvalue weighted by Gasteiger charge is 2.55. The molecule has 2 N–H and O–H groups in total. The van der Waals surface area contributed by atoms with E-state index in [9.17, 15) is 22.8 Å². The summed E-state index contributed by atoms with van der Waals surface area (Å²) in [5.41, 5.74) is 1.38. The van der Waals surface area contributed by atoms with Crippen LogP contribution in [0.2, 0.25) is 0 Å². The number of ketones is 1. The van der Waals surface area contributed by atoms with Gasteiger partial charge in [0.05, 0.1) is 24.7 Å². The van der Waals surface area contributed by atoms with Crippen molar-refractivity contribution in [2.45, 2.75) is 55.1 Å². The SMILES string of the molecule is CC(C)CC(NC(=O)c1ccc(N2CCOCC2)cc1)C(=O)N1C2C(=O)CNC2CC1S(=O)(=O)c1ccccc1. The molecule has 40 heavy (non-hydrogen) atoms. The molecule has 0 aromatic heterocycles. The zero-order chi connectivity index (χ0) is 28.4. The van der Waals surface area contributed by atoms with Crippen LogP contribution in [-0.4, -0.2) is 87.3 Å². The van der Waals surface area contributed by atoms with Gasteiger partial charge in [0, 0.05) is 36.8 Å². The van der Waals surface area contributed by atoms with Gasteiger partial charge in [-0.05, 0) is 48.7 Å². The van der Waals surface area contributed by atoms with Crippen molar-refractivity contribution in [3.05, 3.63) is 60.2 Å². The highest BCUT2D eigenvalue weighted by atomic mass is 32.2. The second-order valence-electron chi connectivity index (χ2n) is 11.0. The molecule has 2 amide bonds. The zero-order valence-corrected chi connectivity index (χ0v) is 23.6. The molecule has 0 aliphatic carbocycles. The molecule has 4 unspecified atom stereocenters. The third-order valence-corrected chi connectivity index (χ3v) is 9.88. The molecule has 3 fully saturated rings. The fraction of sp³-hybridized carbons (Fsp3) is 0.483. The first-order valence-electron chi connectivity index (χ1n) is 13.8. The lowest BCUT2D eigenvalue weighted by Crippen LogP contribution is -2.56. The summed E-state index contributed by atoms with van der Waals surface area (Å²) >= 11 is 0. The van der Waals surface area contributed by atoms with Gasteiger partial charge in [-0.25, -0.2) is 8.42 Å². The van der Waals surface area contributed by atoms with Crippen LogP contribution in [0.15, 0.2) is 59.5 Å². The number of morpholine rings is 1. The molecule has 3 heterocycles. The normalized spacial score (nSPS) is 23.8. The number of benzene rings is 2. The molecule has 10 nitrogen and oxygen atoms in total. The van der Waals surface area contributed by atoms with E-state index >= 15 is 0 Å². The summed E-state index contributed by atoms with van der Waals surface area (Å²) in [5.74, 6) is -1.18. The molecule has 0 radical (unpaired) electrons. The Kier molecular flexibility index (Phi) is 8.25. The molecule has 5 rings (SSSR count). The second kappa shape index (κ2) is 11.7. The van der Waals surface area contributed by atoms with E-state index in [1.54, 1.807) is 30.3 Å². The van der Waals surface area contributed by atoms with Gasteiger partial charge in [-0.3, -0.25) is 14.4 Å². The lowest BCUT2D eigenvalue weighted by atomic mass is 10.0. The number of hydrogen-bond acceptors (Lipinski definition) is 8. The van der Waals surface area contributed by atoms with Crippen LogP contribution in [0, 0.1) is 5.92 Å². The van der Waals surface area contributed by atoms with Gasteiger partial charge in [0.1, 0.15) is 17.5 Å². The molecule has 2 aromatic rings. The minimum absolute atomic E-state index is 0.0259. The van der Waals surface area contributed by atoms with Crippen molar-refractivity contribution in [2.24, 2.45) is 5.92 Å². The number of nitrogens with zero attached hydrogens (tertiary/aromatic N) is 2. The summed E-state index contributed by atoms with van der Waals surface area (Å²) in [5, 5.41) is 4.72. The van der Waals surface area contributed by atoms with Gasteiger partial charge in [-0.15, -0.1) is 0 Å². The van der Waals surface area contributed by atoms with Crippen LogP contribution >= 0.6 is 0 Å². The van der Waals surface area contributed by atoms with Crippen LogP contribution < -0.4 is 15.5 Å². The number of amides is 2. The minimum Gasteiger partial charge on any atom is -0.378 e. The third kappa shape index (κ3) is 5.63. The number of anilines is 1. The van der Waals surface area contributed by atoms with Gasteiger partial charge in [-0.1, -0.05) is 32.0 Å². The predicted molar refractivity (Wildman–Crippen MR) is 150 cm³/mol. The monoisotopic (exact) mass is 568 g/mol. The number of sulfone groups is 1. The number of fused-ring (bicyclic) bond motifs is 1. The summed E-state index contributed by atoms with van der Waals surface area (Å²) in [6.45, 7) is 6.78. The predicted octanol–water partition coefficient (Wildman–Crippen LogP) is 1.61. The molecule has 3 saturated heterocycles. The van der Waals surface area contributed by atoms with E-state index in [1.807, 2.05) is 26.0 Å². The minimum atomic E-state index is -3.97. The first kappa shape index (κ1) is 28.3. The van der Waals surface area contributed by atoms with Crippen LogP contribution in [-0.2, 0) is 24.2 Å². The lowest BCUT2D eigenvalue weighted by molar-refractivity contribution is -0.139. The number of nitrogens with one attached hydrogen (secondary N) is 2. The molecule has 3 aliphatic heterocycles. The maximum Gasteiger partial charge on any atom is 0.251 e. The van der Waals surface area contributed by atoms with E-state index in [0.717, 1.165) is 18.8 Å². The number of hydrogen-bond donors (Lipinski definition) is 2.